The van der Waals surface area contributed by atoms with Gasteiger partial charge in [0, 0.05) is 12.3 Å². The summed E-state index contributed by atoms with van der Waals surface area (Å²) in [7, 11) is 0. The molecule has 0 amide bonds. The van der Waals surface area contributed by atoms with E-state index >= 15 is 0 Å². The Bertz CT molecular complexity index is 600. The van der Waals surface area contributed by atoms with E-state index in [0.29, 0.717) is 12.2 Å². The Morgan fingerprint density at radius 1 is 1.56 bits per heavy atom. The number of nitrogens with zero attached hydrogens (tertiary/aromatic N) is 3. The fraction of sp³-hybridized carbons (Fsp3) is 0.0909. The van der Waals surface area contributed by atoms with Crippen LogP contribution in [0, 0.1) is 21.4 Å². The molecule has 0 radical (unpaired) electrons. The monoisotopic (exact) mass is 243 g/mol. The van der Waals surface area contributed by atoms with E-state index in [4.69, 9.17) is 5.26 Å². The van der Waals surface area contributed by atoms with Crippen LogP contribution in [0.4, 0.5) is 11.4 Å². The van der Waals surface area contributed by atoms with E-state index in [1.165, 1.54) is 24.5 Å². The fourth-order valence-electron chi connectivity index (χ4n) is 1.47. The predicted molar refractivity (Wildman–Crippen MR) is 63.7 cm³/mol. The van der Waals surface area contributed by atoms with Crippen LogP contribution in [-0.2, 0) is 6.54 Å². The van der Waals surface area contributed by atoms with E-state index in [1.807, 2.05) is 6.07 Å². The first-order chi connectivity index (χ1) is 8.70. The van der Waals surface area contributed by atoms with Crippen molar-refractivity contribution in [1.29, 1.82) is 5.26 Å². The number of nitro benzene ring substituents is 1. The van der Waals surface area contributed by atoms with Crippen LogP contribution in [0.25, 0.3) is 0 Å². The predicted octanol–water partition coefficient (Wildman–Crippen LogP) is 1.80. The van der Waals surface area contributed by atoms with Crippen molar-refractivity contribution in [2.75, 3.05) is 5.32 Å². The van der Waals surface area contributed by atoms with Crippen LogP contribution in [0.15, 0.2) is 30.7 Å². The van der Waals surface area contributed by atoms with Crippen molar-refractivity contribution >= 4 is 11.4 Å². The first-order valence-electron chi connectivity index (χ1n) is 5.10. The summed E-state index contributed by atoms with van der Waals surface area (Å²) in [6.07, 6.45) is 3.16. The second-order valence-corrected chi connectivity index (χ2v) is 3.53. The van der Waals surface area contributed by atoms with Crippen LogP contribution in [-0.4, -0.2) is 14.9 Å². The lowest BCUT2D eigenvalue weighted by molar-refractivity contribution is -0.384. The highest BCUT2D eigenvalue weighted by molar-refractivity contribution is 5.64. The van der Waals surface area contributed by atoms with Gasteiger partial charge >= 0.3 is 0 Å². The van der Waals surface area contributed by atoms with Crippen LogP contribution in [0.2, 0.25) is 0 Å². The number of hydrogen-bond donors (Lipinski definition) is 2. The van der Waals surface area contributed by atoms with Crippen molar-refractivity contribution in [2.45, 2.75) is 6.54 Å². The number of aromatic nitrogens is 2. The molecule has 0 atom stereocenters. The Balaban J connectivity index is 2.22. The average molecular weight is 243 g/mol. The Kier molecular flexibility index (Phi) is 3.20. The molecular formula is C11H9N5O2. The number of imidazole rings is 1. The second kappa shape index (κ2) is 4.97. The zero-order chi connectivity index (χ0) is 13.0. The topological polar surface area (TPSA) is 108 Å². The number of nitro groups is 1. The fourth-order valence-corrected chi connectivity index (χ4v) is 1.47. The van der Waals surface area contributed by atoms with Gasteiger partial charge in [-0.15, -0.1) is 0 Å². The lowest BCUT2D eigenvalue weighted by atomic mass is 10.2. The summed E-state index contributed by atoms with van der Waals surface area (Å²) in [6, 6.07) is 6.17. The van der Waals surface area contributed by atoms with E-state index in [1.54, 1.807) is 6.20 Å². The van der Waals surface area contributed by atoms with E-state index in [9.17, 15) is 10.1 Å². The Morgan fingerprint density at radius 3 is 3.00 bits per heavy atom. The number of H-pyrrole nitrogens is 1. The smallest absolute Gasteiger partial charge is 0.293 e. The van der Waals surface area contributed by atoms with Gasteiger partial charge in [-0.2, -0.15) is 5.26 Å². The van der Waals surface area contributed by atoms with Gasteiger partial charge in [0.2, 0.25) is 0 Å². The number of benzene rings is 1. The van der Waals surface area contributed by atoms with Crippen molar-refractivity contribution < 1.29 is 4.92 Å². The zero-order valence-electron chi connectivity index (χ0n) is 9.25. The molecule has 0 spiro atoms. The maximum atomic E-state index is 10.9. The number of rotatable bonds is 4. The summed E-state index contributed by atoms with van der Waals surface area (Å²) in [5, 5.41) is 22.5. The van der Waals surface area contributed by atoms with E-state index < -0.39 is 4.92 Å². The molecule has 0 bridgehead atoms. The van der Waals surface area contributed by atoms with Crippen LogP contribution >= 0.6 is 0 Å². The second-order valence-electron chi connectivity index (χ2n) is 3.53. The molecule has 0 aliphatic heterocycles. The quantitative estimate of drug-likeness (QED) is 0.628. The summed E-state index contributed by atoms with van der Waals surface area (Å²) in [4.78, 5) is 17.1. The molecule has 0 saturated carbocycles. The standard InChI is InChI=1S/C11H9N5O2/c12-4-8-1-2-10(11(3-8)16(17)18)14-6-9-5-13-7-15-9/h1-3,5,7,14H,6H2,(H,13,15). The van der Waals surface area contributed by atoms with Crippen molar-refractivity contribution in [3.63, 3.8) is 0 Å². The van der Waals surface area contributed by atoms with Gasteiger partial charge in [-0.3, -0.25) is 10.1 Å². The van der Waals surface area contributed by atoms with Crippen LogP contribution < -0.4 is 5.32 Å². The minimum absolute atomic E-state index is 0.117. The molecule has 90 valence electrons. The Labute approximate surface area is 102 Å². The summed E-state index contributed by atoms with van der Waals surface area (Å²) in [5.74, 6) is 0. The van der Waals surface area contributed by atoms with Crippen molar-refractivity contribution in [1.82, 2.24) is 9.97 Å². The Hall–Kier alpha value is -2.88. The first-order valence-corrected chi connectivity index (χ1v) is 5.10. The van der Waals surface area contributed by atoms with Gasteiger partial charge in [0.05, 0.1) is 35.1 Å². The molecule has 2 aromatic rings. The number of nitrogens with one attached hydrogen (secondary N) is 2. The van der Waals surface area contributed by atoms with Crippen LogP contribution in [0.5, 0.6) is 0 Å². The highest BCUT2D eigenvalue weighted by Crippen LogP contribution is 2.25. The van der Waals surface area contributed by atoms with E-state index in [-0.39, 0.29) is 11.3 Å². The molecule has 0 unspecified atom stereocenters. The lowest BCUT2D eigenvalue weighted by Gasteiger charge is -2.05. The van der Waals surface area contributed by atoms with Gasteiger partial charge < -0.3 is 10.3 Å². The van der Waals surface area contributed by atoms with Crippen molar-refractivity contribution in [3.8, 4) is 6.07 Å². The van der Waals surface area contributed by atoms with Crippen LogP contribution in [0.3, 0.4) is 0 Å². The molecular weight excluding hydrogens is 234 g/mol. The third kappa shape index (κ3) is 2.44. The van der Waals surface area contributed by atoms with Gasteiger partial charge in [0.15, 0.2) is 0 Å². The van der Waals surface area contributed by atoms with Gasteiger partial charge in [0.25, 0.3) is 5.69 Å². The average Bonchev–Trinajstić information content (AvgIpc) is 2.89. The molecule has 0 fully saturated rings. The molecule has 0 aliphatic rings. The molecule has 7 heteroatoms. The zero-order valence-corrected chi connectivity index (χ0v) is 9.25. The van der Waals surface area contributed by atoms with E-state index in [2.05, 4.69) is 15.3 Å². The summed E-state index contributed by atoms with van der Waals surface area (Å²) in [6.45, 7) is 0.396. The third-order valence-electron chi connectivity index (χ3n) is 2.35. The van der Waals surface area contributed by atoms with Crippen molar-refractivity contribution in [2.24, 2.45) is 0 Å². The van der Waals surface area contributed by atoms with Gasteiger partial charge in [-0.1, -0.05) is 0 Å². The summed E-state index contributed by atoms with van der Waals surface area (Å²) in [5.41, 5.74) is 1.32. The van der Waals surface area contributed by atoms with Gasteiger partial charge in [0.1, 0.15) is 5.69 Å². The van der Waals surface area contributed by atoms with Gasteiger partial charge in [-0.05, 0) is 12.1 Å². The Morgan fingerprint density at radius 2 is 2.39 bits per heavy atom. The third-order valence-corrected chi connectivity index (χ3v) is 2.35. The molecule has 0 aliphatic carbocycles. The maximum absolute atomic E-state index is 10.9. The highest BCUT2D eigenvalue weighted by atomic mass is 16.6. The number of aromatic amines is 1. The van der Waals surface area contributed by atoms with E-state index in [0.717, 1.165) is 5.69 Å². The summed E-state index contributed by atoms with van der Waals surface area (Å²) < 4.78 is 0. The number of hydrogen-bond acceptors (Lipinski definition) is 5. The number of anilines is 1. The molecule has 0 saturated heterocycles. The molecule has 1 aromatic heterocycles. The highest BCUT2D eigenvalue weighted by Gasteiger charge is 2.14. The van der Waals surface area contributed by atoms with Gasteiger partial charge in [-0.25, -0.2) is 4.98 Å². The minimum Gasteiger partial charge on any atom is -0.374 e. The molecule has 7 nitrogen and oxygen atoms in total. The SMILES string of the molecule is N#Cc1ccc(NCc2cnc[nH]2)c([N+](=O)[O-])c1. The van der Waals surface area contributed by atoms with Crippen LogP contribution in [0.1, 0.15) is 11.3 Å². The summed E-state index contributed by atoms with van der Waals surface area (Å²) >= 11 is 0. The molecule has 2 rings (SSSR count). The molecule has 2 N–H and O–H groups in total. The largest absolute Gasteiger partial charge is 0.374 e. The van der Waals surface area contributed by atoms with Crippen molar-refractivity contribution in [3.05, 3.63) is 52.1 Å². The molecule has 18 heavy (non-hydrogen) atoms. The molecule has 1 aromatic carbocycles. The number of nitriles is 1. The maximum Gasteiger partial charge on any atom is 0.293 e. The lowest BCUT2D eigenvalue weighted by Crippen LogP contribution is -2.03. The first kappa shape index (κ1) is 11.6. The minimum atomic E-state index is -0.518. The normalized spacial score (nSPS) is 9.72. The molecule has 1 heterocycles.